The van der Waals surface area contributed by atoms with Crippen molar-refractivity contribution in [1.82, 2.24) is 4.90 Å². The fourth-order valence-electron chi connectivity index (χ4n) is 3.10. The van der Waals surface area contributed by atoms with Gasteiger partial charge >= 0.3 is 0 Å². The van der Waals surface area contributed by atoms with Crippen LogP contribution in [-0.4, -0.2) is 17.4 Å². The number of benzene rings is 1. The number of likely N-dealkylation sites (tertiary alicyclic amines) is 1. The lowest BCUT2D eigenvalue weighted by Gasteiger charge is -2.33. The number of nitrogens with zero attached hydrogens (tertiary/aromatic N) is 1. The van der Waals surface area contributed by atoms with Gasteiger partial charge in [-0.1, -0.05) is 6.07 Å². The molecule has 0 radical (unpaired) electrons. The predicted molar refractivity (Wildman–Crippen MR) is 67.5 cm³/mol. The molecule has 3 nitrogen and oxygen atoms in total. The molecule has 1 fully saturated rings. The molecule has 0 spiro atoms. The second-order valence-corrected chi connectivity index (χ2v) is 5.06. The summed E-state index contributed by atoms with van der Waals surface area (Å²) in [7, 11) is 0. The molecule has 1 amide bonds. The van der Waals surface area contributed by atoms with Crippen molar-refractivity contribution in [2.75, 3.05) is 12.3 Å². The summed E-state index contributed by atoms with van der Waals surface area (Å²) in [6.07, 6.45) is 5.03. The molecule has 90 valence electrons. The highest BCUT2D eigenvalue weighted by molar-refractivity contribution is 5.77. The van der Waals surface area contributed by atoms with Gasteiger partial charge in [0.2, 0.25) is 5.91 Å². The number of carbonyl (C=O) groups is 1. The minimum atomic E-state index is 0.304. The fourth-order valence-corrected chi connectivity index (χ4v) is 3.10. The summed E-state index contributed by atoms with van der Waals surface area (Å²) in [5, 5.41) is 0. The second kappa shape index (κ2) is 4.06. The molecule has 1 aromatic carbocycles. The molecule has 3 rings (SSSR count). The highest BCUT2D eigenvalue weighted by atomic mass is 16.2. The van der Waals surface area contributed by atoms with Gasteiger partial charge in [0.05, 0.1) is 6.04 Å². The highest BCUT2D eigenvalue weighted by Gasteiger charge is 2.31. The average Bonchev–Trinajstić information content (AvgIpc) is 2.72. The van der Waals surface area contributed by atoms with Gasteiger partial charge in [-0.05, 0) is 48.9 Å². The van der Waals surface area contributed by atoms with Crippen molar-refractivity contribution < 1.29 is 4.79 Å². The monoisotopic (exact) mass is 230 g/mol. The van der Waals surface area contributed by atoms with Crippen molar-refractivity contribution in [3.63, 3.8) is 0 Å². The molecule has 0 aromatic heterocycles. The fraction of sp³-hybridized carbons (Fsp3) is 0.500. The maximum absolute atomic E-state index is 12.0. The zero-order valence-electron chi connectivity index (χ0n) is 9.98. The largest absolute Gasteiger partial charge is 0.399 e. The quantitative estimate of drug-likeness (QED) is 0.752. The average molecular weight is 230 g/mol. The van der Waals surface area contributed by atoms with Crippen molar-refractivity contribution in [3.05, 3.63) is 29.3 Å². The van der Waals surface area contributed by atoms with E-state index in [1.807, 2.05) is 6.07 Å². The molecule has 0 bridgehead atoms. The molecule has 1 saturated heterocycles. The number of nitrogens with two attached hydrogens (primary N) is 1. The maximum atomic E-state index is 12.0. The number of nitrogen functional groups attached to an aromatic ring is 1. The Bertz CT molecular complexity index is 456. The number of hydrogen-bond donors (Lipinski definition) is 1. The SMILES string of the molecule is Nc1ccc2c(c1)CCC2N1CCCCC1=O. The molecule has 0 saturated carbocycles. The van der Waals surface area contributed by atoms with E-state index in [-0.39, 0.29) is 0 Å². The minimum Gasteiger partial charge on any atom is -0.399 e. The van der Waals surface area contributed by atoms with Crippen LogP contribution in [0.15, 0.2) is 18.2 Å². The van der Waals surface area contributed by atoms with E-state index in [1.54, 1.807) is 0 Å². The summed E-state index contributed by atoms with van der Waals surface area (Å²) in [4.78, 5) is 14.0. The van der Waals surface area contributed by atoms with E-state index in [1.165, 1.54) is 11.1 Å². The summed E-state index contributed by atoms with van der Waals surface area (Å²) in [5.41, 5.74) is 9.27. The molecule has 2 N–H and O–H groups in total. The first-order valence-electron chi connectivity index (χ1n) is 6.43. The van der Waals surface area contributed by atoms with E-state index in [0.29, 0.717) is 11.9 Å². The van der Waals surface area contributed by atoms with Crippen LogP contribution in [0.3, 0.4) is 0 Å². The third-order valence-corrected chi connectivity index (χ3v) is 3.95. The number of amides is 1. The number of piperidine rings is 1. The number of carbonyl (C=O) groups excluding carboxylic acids is 1. The summed E-state index contributed by atoms with van der Waals surface area (Å²) in [5.74, 6) is 0.325. The Morgan fingerprint density at radius 2 is 2.12 bits per heavy atom. The first-order valence-corrected chi connectivity index (χ1v) is 6.43. The normalized spacial score (nSPS) is 23.9. The molecule has 1 aromatic rings. The van der Waals surface area contributed by atoms with Gasteiger partial charge in [0.15, 0.2) is 0 Å². The highest BCUT2D eigenvalue weighted by Crippen LogP contribution is 2.38. The summed E-state index contributed by atoms with van der Waals surface area (Å²) in [6, 6.07) is 6.41. The van der Waals surface area contributed by atoms with Crippen LogP contribution in [0.2, 0.25) is 0 Å². The van der Waals surface area contributed by atoms with Crippen LogP contribution in [0.5, 0.6) is 0 Å². The van der Waals surface area contributed by atoms with Gasteiger partial charge < -0.3 is 10.6 Å². The predicted octanol–water partition coefficient (Wildman–Crippen LogP) is 2.27. The van der Waals surface area contributed by atoms with Crippen LogP contribution in [-0.2, 0) is 11.2 Å². The van der Waals surface area contributed by atoms with E-state index in [0.717, 1.165) is 44.3 Å². The number of hydrogen-bond acceptors (Lipinski definition) is 2. The lowest BCUT2D eigenvalue weighted by Crippen LogP contribution is -2.37. The zero-order chi connectivity index (χ0) is 11.8. The van der Waals surface area contributed by atoms with Crippen LogP contribution >= 0.6 is 0 Å². The number of fused-ring (bicyclic) bond motifs is 1. The van der Waals surface area contributed by atoms with Crippen molar-refractivity contribution in [2.45, 2.75) is 38.1 Å². The van der Waals surface area contributed by atoms with Gasteiger partial charge in [-0.15, -0.1) is 0 Å². The van der Waals surface area contributed by atoms with E-state index in [4.69, 9.17) is 5.73 Å². The standard InChI is InChI=1S/C14H18N2O/c15-11-5-6-12-10(9-11)4-7-13(12)16-8-2-1-3-14(16)17/h5-6,9,13H,1-4,7-8,15H2. The molecule has 2 aliphatic rings. The molecule has 3 heteroatoms. The smallest absolute Gasteiger partial charge is 0.223 e. The first kappa shape index (κ1) is 10.6. The van der Waals surface area contributed by atoms with E-state index < -0.39 is 0 Å². The lowest BCUT2D eigenvalue weighted by molar-refractivity contribution is -0.135. The summed E-state index contributed by atoms with van der Waals surface area (Å²) in [6.45, 7) is 0.924. The van der Waals surface area contributed by atoms with E-state index >= 15 is 0 Å². The van der Waals surface area contributed by atoms with Gasteiger partial charge in [0.25, 0.3) is 0 Å². The number of aryl methyl sites for hydroxylation is 1. The van der Waals surface area contributed by atoms with Crippen LogP contribution in [0.4, 0.5) is 5.69 Å². The van der Waals surface area contributed by atoms with Crippen molar-refractivity contribution in [1.29, 1.82) is 0 Å². The van der Waals surface area contributed by atoms with E-state index in [2.05, 4.69) is 17.0 Å². The molecule has 17 heavy (non-hydrogen) atoms. The Kier molecular flexibility index (Phi) is 2.54. The maximum Gasteiger partial charge on any atom is 0.223 e. The number of rotatable bonds is 1. The third-order valence-electron chi connectivity index (χ3n) is 3.95. The minimum absolute atomic E-state index is 0.304. The van der Waals surface area contributed by atoms with Gasteiger partial charge in [-0.2, -0.15) is 0 Å². The summed E-state index contributed by atoms with van der Waals surface area (Å²) >= 11 is 0. The molecular weight excluding hydrogens is 212 g/mol. The Morgan fingerprint density at radius 3 is 2.94 bits per heavy atom. The van der Waals surface area contributed by atoms with E-state index in [9.17, 15) is 4.79 Å². The molecule has 1 unspecified atom stereocenters. The number of anilines is 1. The Morgan fingerprint density at radius 1 is 1.24 bits per heavy atom. The topological polar surface area (TPSA) is 46.3 Å². The van der Waals surface area contributed by atoms with Gasteiger partial charge in [-0.3, -0.25) is 4.79 Å². The van der Waals surface area contributed by atoms with Gasteiger partial charge in [0.1, 0.15) is 0 Å². The Balaban J connectivity index is 1.90. The van der Waals surface area contributed by atoms with Gasteiger partial charge in [0, 0.05) is 18.7 Å². The zero-order valence-corrected chi connectivity index (χ0v) is 9.98. The summed E-state index contributed by atoms with van der Waals surface area (Å²) < 4.78 is 0. The Hall–Kier alpha value is -1.51. The van der Waals surface area contributed by atoms with Crippen molar-refractivity contribution in [2.24, 2.45) is 0 Å². The Labute approximate surface area is 102 Å². The van der Waals surface area contributed by atoms with Crippen molar-refractivity contribution >= 4 is 11.6 Å². The molecule has 1 heterocycles. The van der Waals surface area contributed by atoms with Crippen LogP contribution < -0.4 is 5.73 Å². The third kappa shape index (κ3) is 1.79. The molecule has 1 aliphatic carbocycles. The molecule has 1 atom stereocenters. The lowest BCUT2D eigenvalue weighted by atomic mass is 10.0. The van der Waals surface area contributed by atoms with Crippen LogP contribution in [0, 0.1) is 0 Å². The van der Waals surface area contributed by atoms with Crippen LogP contribution in [0.25, 0.3) is 0 Å². The van der Waals surface area contributed by atoms with Crippen molar-refractivity contribution in [3.8, 4) is 0 Å². The first-order chi connectivity index (χ1) is 8.25. The van der Waals surface area contributed by atoms with Crippen LogP contribution in [0.1, 0.15) is 42.9 Å². The molecular formula is C14H18N2O. The van der Waals surface area contributed by atoms with Gasteiger partial charge in [-0.25, -0.2) is 0 Å². The molecule has 1 aliphatic heterocycles. The second-order valence-electron chi connectivity index (χ2n) is 5.06.